The molecule has 0 spiro atoms. The zero-order valence-electron chi connectivity index (χ0n) is 15.9. The van der Waals surface area contributed by atoms with Gasteiger partial charge in [-0.15, -0.1) is 0 Å². The average molecular weight is 385 g/mol. The number of nitrogens with one attached hydrogen (secondary N) is 2. The molecule has 8 heteroatoms. The Morgan fingerprint density at radius 2 is 1.57 bits per heavy atom. The first kappa shape index (κ1) is 20.8. The predicted molar refractivity (Wildman–Crippen MR) is 105 cm³/mol. The van der Waals surface area contributed by atoms with Gasteiger partial charge in [0.1, 0.15) is 11.4 Å². The zero-order valence-corrected chi connectivity index (χ0v) is 15.9. The van der Waals surface area contributed by atoms with Gasteiger partial charge in [0.05, 0.1) is 0 Å². The Bertz CT molecular complexity index is 857. The van der Waals surface area contributed by atoms with E-state index >= 15 is 0 Å². The summed E-state index contributed by atoms with van der Waals surface area (Å²) in [5.41, 5.74) is 5.89. The minimum atomic E-state index is -0.602. The van der Waals surface area contributed by atoms with Crippen LogP contribution in [0.1, 0.15) is 31.1 Å². The Kier molecular flexibility index (Phi) is 6.59. The van der Waals surface area contributed by atoms with Crippen molar-refractivity contribution in [2.24, 2.45) is 5.73 Å². The van der Waals surface area contributed by atoms with Crippen molar-refractivity contribution in [1.82, 2.24) is 0 Å². The van der Waals surface area contributed by atoms with Gasteiger partial charge < -0.3 is 20.5 Å². The zero-order chi connectivity index (χ0) is 20.7. The number of carbonyl (C=O) groups excluding carboxylic acids is 3. The number of amides is 3. The van der Waals surface area contributed by atoms with Crippen molar-refractivity contribution in [3.8, 4) is 5.75 Å². The SMILES string of the molecule is CC(C)(C)OC(=O)Nc1ccc(NC(=O)c2cccc(OCC(N)=O)c2)cc1. The molecule has 0 bridgehead atoms. The Morgan fingerprint density at radius 3 is 2.14 bits per heavy atom. The fourth-order valence-electron chi connectivity index (χ4n) is 2.14. The standard InChI is InChI=1S/C20H23N3O5/c1-20(2,3)28-19(26)23-15-9-7-14(8-10-15)22-18(25)13-5-4-6-16(11-13)27-12-17(21)24/h4-11H,12H2,1-3H3,(H2,21,24)(H,22,25)(H,23,26). The van der Waals surface area contributed by atoms with Crippen molar-refractivity contribution in [3.05, 3.63) is 54.1 Å². The number of hydrogen-bond acceptors (Lipinski definition) is 5. The summed E-state index contributed by atoms with van der Waals surface area (Å²) < 4.78 is 10.4. The number of hydrogen-bond donors (Lipinski definition) is 3. The molecule has 2 rings (SSSR count). The Balaban J connectivity index is 1.96. The molecule has 0 radical (unpaired) electrons. The van der Waals surface area contributed by atoms with E-state index in [0.717, 1.165) is 0 Å². The van der Waals surface area contributed by atoms with Crippen LogP contribution in [0.2, 0.25) is 0 Å². The van der Waals surface area contributed by atoms with Crippen molar-refractivity contribution in [2.45, 2.75) is 26.4 Å². The number of ether oxygens (including phenoxy) is 2. The van der Waals surface area contributed by atoms with E-state index < -0.39 is 17.6 Å². The number of benzene rings is 2. The molecule has 0 aromatic heterocycles. The highest BCUT2D eigenvalue weighted by Crippen LogP contribution is 2.18. The van der Waals surface area contributed by atoms with Gasteiger partial charge in [0.2, 0.25) is 0 Å². The average Bonchev–Trinajstić information content (AvgIpc) is 2.60. The van der Waals surface area contributed by atoms with Crippen molar-refractivity contribution >= 4 is 29.3 Å². The normalized spacial score (nSPS) is 10.7. The molecule has 0 unspecified atom stereocenters. The van der Waals surface area contributed by atoms with E-state index in [1.165, 1.54) is 6.07 Å². The third kappa shape index (κ3) is 6.99. The van der Waals surface area contributed by atoms with E-state index in [2.05, 4.69) is 10.6 Å². The van der Waals surface area contributed by atoms with Crippen molar-refractivity contribution in [3.63, 3.8) is 0 Å². The molecule has 2 aromatic carbocycles. The summed E-state index contributed by atoms with van der Waals surface area (Å²) in [7, 11) is 0. The first-order chi connectivity index (χ1) is 13.1. The maximum Gasteiger partial charge on any atom is 0.412 e. The van der Waals surface area contributed by atoms with E-state index in [1.807, 2.05) is 0 Å². The van der Waals surface area contributed by atoms with Gasteiger partial charge in [0, 0.05) is 16.9 Å². The first-order valence-corrected chi connectivity index (χ1v) is 8.55. The van der Waals surface area contributed by atoms with Crippen LogP contribution in [0.15, 0.2) is 48.5 Å². The molecule has 4 N–H and O–H groups in total. The summed E-state index contributed by atoms with van der Waals surface area (Å²) in [4.78, 5) is 34.9. The van der Waals surface area contributed by atoms with Gasteiger partial charge in [0.25, 0.3) is 11.8 Å². The smallest absolute Gasteiger partial charge is 0.412 e. The van der Waals surface area contributed by atoms with Crippen LogP contribution < -0.4 is 21.1 Å². The molecule has 0 saturated heterocycles. The third-order valence-electron chi connectivity index (χ3n) is 3.27. The van der Waals surface area contributed by atoms with Crippen molar-refractivity contribution in [1.29, 1.82) is 0 Å². The molecule has 0 atom stereocenters. The van der Waals surface area contributed by atoms with Gasteiger partial charge >= 0.3 is 6.09 Å². The van der Waals surface area contributed by atoms with E-state index in [9.17, 15) is 14.4 Å². The summed E-state index contributed by atoms with van der Waals surface area (Å²) >= 11 is 0. The Morgan fingerprint density at radius 1 is 0.964 bits per heavy atom. The topological polar surface area (TPSA) is 120 Å². The second-order valence-electron chi connectivity index (χ2n) is 6.94. The first-order valence-electron chi connectivity index (χ1n) is 8.55. The molecule has 3 amide bonds. The number of primary amides is 1. The summed E-state index contributed by atoms with van der Waals surface area (Å²) in [5, 5.41) is 5.35. The lowest BCUT2D eigenvalue weighted by Gasteiger charge is -2.19. The summed E-state index contributed by atoms with van der Waals surface area (Å²) in [5.74, 6) is -0.587. The molecule has 0 aliphatic heterocycles. The van der Waals surface area contributed by atoms with Gasteiger partial charge in [-0.1, -0.05) is 6.07 Å². The van der Waals surface area contributed by atoms with Crippen LogP contribution in [0.5, 0.6) is 5.75 Å². The molecule has 28 heavy (non-hydrogen) atoms. The summed E-state index contributed by atoms with van der Waals surface area (Å²) in [6, 6.07) is 13.0. The van der Waals surface area contributed by atoms with Crippen LogP contribution >= 0.6 is 0 Å². The highest BCUT2D eigenvalue weighted by molar-refractivity contribution is 6.04. The quantitative estimate of drug-likeness (QED) is 0.705. The van der Waals surface area contributed by atoms with Crippen LogP contribution in [0.25, 0.3) is 0 Å². The fraction of sp³-hybridized carbons (Fsp3) is 0.250. The number of carbonyl (C=O) groups is 3. The molecule has 2 aromatic rings. The molecule has 0 heterocycles. The third-order valence-corrected chi connectivity index (χ3v) is 3.27. The second-order valence-corrected chi connectivity index (χ2v) is 6.94. The van der Waals surface area contributed by atoms with E-state index in [0.29, 0.717) is 22.7 Å². The van der Waals surface area contributed by atoms with Crippen LogP contribution in [0.4, 0.5) is 16.2 Å². The second kappa shape index (κ2) is 8.90. The van der Waals surface area contributed by atoms with Crippen LogP contribution in [-0.2, 0) is 9.53 Å². The number of rotatable bonds is 6. The molecule has 0 fully saturated rings. The minimum Gasteiger partial charge on any atom is -0.484 e. The van der Waals surface area contributed by atoms with E-state index in [-0.39, 0.29) is 12.5 Å². The largest absolute Gasteiger partial charge is 0.484 e. The molecule has 148 valence electrons. The maximum atomic E-state index is 12.4. The summed E-state index contributed by atoms with van der Waals surface area (Å²) in [6.07, 6.45) is -0.558. The van der Waals surface area contributed by atoms with Gasteiger partial charge in [-0.3, -0.25) is 14.9 Å². The molecular weight excluding hydrogens is 362 g/mol. The lowest BCUT2D eigenvalue weighted by molar-refractivity contribution is -0.119. The van der Waals surface area contributed by atoms with Crippen LogP contribution in [0, 0.1) is 0 Å². The molecular formula is C20H23N3O5. The molecule has 8 nitrogen and oxygen atoms in total. The molecule has 0 aliphatic rings. The van der Waals surface area contributed by atoms with Crippen LogP contribution in [0.3, 0.4) is 0 Å². The number of anilines is 2. The van der Waals surface area contributed by atoms with Crippen LogP contribution in [-0.4, -0.2) is 30.1 Å². The highest BCUT2D eigenvalue weighted by Gasteiger charge is 2.16. The van der Waals surface area contributed by atoms with Gasteiger partial charge in [-0.05, 0) is 63.2 Å². The minimum absolute atomic E-state index is 0.267. The van der Waals surface area contributed by atoms with Gasteiger partial charge in [-0.25, -0.2) is 4.79 Å². The number of nitrogens with two attached hydrogens (primary N) is 1. The Labute approximate surface area is 163 Å². The van der Waals surface area contributed by atoms with E-state index in [1.54, 1.807) is 63.2 Å². The van der Waals surface area contributed by atoms with E-state index in [4.69, 9.17) is 15.2 Å². The van der Waals surface area contributed by atoms with Gasteiger partial charge in [0.15, 0.2) is 6.61 Å². The summed E-state index contributed by atoms with van der Waals surface area (Å²) in [6.45, 7) is 5.06. The molecule has 0 aliphatic carbocycles. The highest BCUT2D eigenvalue weighted by atomic mass is 16.6. The fourth-order valence-corrected chi connectivity index (χ4v) is 2.14. The lowest BCUT2D eigenvalue weighted by Crippen LogP contribution is -2.27. The molecule has 0 saturated carbocycles. The van der Waals surface area contributed by atoms with Crippen molar-refractivity contribution < 1.29 is 23.9 Å². The van der Waals surface area contributed by atoms with Crippen molar-refractivity contribution in [2.75, 3.05) is 17.2 Å². The Hall–Kier alpha value is -3.55. The predicted octanol–water partition coefficient (Wildman–Crippen LogP) is 3.15. The maximum absolute atomic E-state index is 12.4. The monoisotopic (exact) mass is 385 g/mol. The lowest BCUT2D eigenvalue weighted by atomic mass is 10.2. The van der Waals surface area contributed by atoms with Gasteiger partial charge in [-0.2, -0.15) is 0 Å².